The fourth-order valence-corrected chi connectivity index (χ4v) is 1.94. The molecule has 0 amide bonds. The van der Waals surface area contributed by atoms with E-state index in [-0.39, 0.29) is 5.97 Å². The van der Waals surface area contributed by atoms with E-state index in [1.807, 2.05) is 43.1 Å². The summed E-state index contributed by atoms with van der Waals surface area (Å²) in [6.45, 7) is 4.53. The number of likely N-dealkylation sites (N-methyl/N-ethyl adjacent to an activating group) is 2. The van der Waals surface area contributed by atoms with Crippen LogP contribution in [0.4, 0.5) is 5.69 Å². The standard InChI is InChI=1S/C15H24N2O3/c1-6-20-14(18)15(2,16-3)11-17(4)12-7-9-13(19-5)10-8-12/h7-10,16H,6,11H2,1-5H3. The Hall–Kier alpha value is -1.75. The smallest absolute Gasteiger partial charge is 0.327 e. The number of ether oxygens (including phenoxy) is 2. The molecule has 0 saturated heterocycles. The molecule has 1 atom stereocenters. The Morgan fingerprint density at radius 1 is 1.35 bits per heavy atom. The second-order valence-corrected chi connectivity index (χ2v) is 4.86. The van der Waals surface area contributed by atoms with Crippen molar-refractivity contribution in [2.24, 2.45) is 0 Å². The van der Waals surface area contributed by atoms with Crippen molar-refractivity contribution in [3.8, 4) is 5.75 Å². The van der Waals surface area contributed by atoms with Crippen LogP contribution in [0.1, 0.15) is 13.8 Å². The van der Waals surface area contributed by atoms with Gasteiger partial charge in [0.1, 0.15) is 11.3 Å². The Labute approximate surface area is 120 Å². The minimum Gasteiger partial charge on any atom is -0.497 e. The van der Waals surface area contributed by atoms with Crippen LogP contribution >= 0.6 is 0 Å². The number of anilines is 1. The molecule has 1 N–H and O–H groups in total. The van der Waals surface area contributed by atoms with E-state index in [0.29, 0.717) is 13.2 Å². The first kappa shape index (κ1) is 16.3. The number of benzene rings is 1. The van der Waals surface area contributed by atoms with Crippen molar-refractivity contribution in [3.63, 3.8) is 0 Å². The van der Waals surface area contributed by atoms with E-state index >= 15 is 0 Å². The molecule has 0 fully saturated rings. The monoisotopic (exact) mass is 280 g/mol. The number of esters is 1. The van der Waals surface area contributed by atoms with Gasteiger partial charge in [-0.05, 0) is 45.2 Å². The van der Waals surface area contributed by atoms with E-state index in [9.17, 15) is 4.79 Å². The second kappa shape index (κ2) is 7.14. The lowest BCUT2D eigenvalue weighted by molar-refractivity contribution is -0.149. The molecule has 0 aliphatic rings. The van der Waals surface area contributed by atoms with Gasteiger partial charge < -0.3 is 19.7 Å². The summed E-state index contributed by atoms with van der Waals surface area (Å²) < 4.78 is 10.3. The normalized spacial score (nSPS) is 13.4. The molecule has 0 aliphatic heterocycles. The van der Waals surface area contributed by atoms with Gasteiger partial charge in [-0.2, -0.15) is 0 Å². The van der Waals surface area contributed by atoms with E-state index in [2.05, 4.69) is 5.32 Å². The third kappa shape index (κ3) is 3.87. The zero-order valence-electron chi connectivity index (χ0n) is 12.9. The molecule has 5 heteroatoms. The van der Waals surface area contributed by atoms with Crippen LogP contribution in [0.25, 0.3) is 0 Å². The van der Waals surface area contributed by atoms with Crippen LogP contribution in [0.5, 0.6) is 5.75 Å². The van der Waals surface area contributed by atoms with Crippen molar-refractivity contribution in [2.75, 3.05) is 39.3 Å². The second-order valence-electron chi connectivity index (χ2n) is 4.86. The van der Waals surface area contributed by atoms with Gasteiger partial charge in [0.15, 0.2) is 0 Å². The fraction of sp³-hybridized carbons (Fsp3) is 0.533. The van der Waals surface area contributed by atoms with Crippen molar-refractivity contribution < 1.29 is 14.3 Å². The molecular formula is C15H24N2O3. The first-order chi connectivity index (χ1) is 9.46. The van der Waals surface area contributed by atoms with Crippen LogP contribution in [0, 0.1) is 0 Å². The van der Waals surface area contributed by atoms with Crippen LogP contribution in [-0.2, 0) is 9.53 Å². The van der Waals surface area contributed by atoms with Gasteiger partial charge in [0.05, 0.1) is 13.7 Å². The quantitative estimate of drug-likeness (QED) is 0.770. The van der Waals surface area contributed by atoms with Crippen LogP contribution < -0.4 is 15.0 Å². The van der Waals surface area contributed by atoms with E-state index in [4.69, 9.17) is 9.47 Å². The van der Waals surface area contributed by atoms with E-state index in [1.165, 1.54) is 0 Å². The summed E-state index contributed by atoms with van der Waals surface area (Å²) in [6, 6.07) is 7.71. The van der Waals surface area contributed by atoms with Gasteiger partial charge in [0, 0.05) is 19.3 Å². The topological polar surface area (TPSA) is 50.8 Å². The lowest BCUT2D eigenvalue weighted by Crippen LogP contribution is -2.55. The van der Waals surface area contributed by atoms with Crippen LogP contribution in [0.15, 0.2) is 24.3 Å². The predicted octanol–water partition coefficient (Wildman–Crippen LogP) is 1.67. The van der Waals surface area contributed by atoms with Crippen molar-refractivity contribution in [3.05, 3.63) is 24.3 Å². The number of hydrogen-bond acceptors (Lipinski definition) is 5. The number of carbonyl (C=O) groups is 1. The molecule has 0 aromatic heterocycles. The molecule has 1 aromatic rings. The Morgan fingerprint density at radius 3 is 2.40 bits per heavy atom. The zero-order valence-corrected chi connectivity index (χ0v) is 12.9. The highest BCUT2D eigenvalue weighted by molar-refractivity contribution is 5.81. The molecule has 0 aliphatic carbocycles. The van der Waals surface area contributed by atoms with Crippen molar-refractivity contribution in [2.45, 2.75) is 19.4 Å². The molecule has 1 rings (SSSR count). The highest BCUT2D eigenvalue weighted by Gasteiger charge is 2.34. The lowest BCUT2D eigenvalue weighted by Gasteiger charge is -2.32. The Bertz CT molecular complexity index is 433. The van der Waals surface area contributed by atoms with Gasteiger partial charge in [0.25, 0.3) is 0 Å². The molecule has 1 aromatic carbocycles. The highest BCUT2D eigenvalue weighted by atomic mass is 16.5. The minimum atomic E-state index is -0.745. The maximum Gasteiger partial charge on any atom is 0.327 e. The summed E-state index contributed by atoms with van der Waals surface area (Å²) in [4.78, 5) is 14.0. The van der Waals surface area contributed by atoms with Gasteiger partial charge in [-0.25, -0.2) is 4.79 Å². The SMILES string of the molecule is CCOC(=O)C(C)(CN(C)c1ccc(OC)cc1)NC. The molecule has 0 saturated carbocycles. The molecule has 5 nitrogen and oxygen atoms in total. The lowest BCUT2D eigenvalue weighted by atomic mass is 10.0. The summed E-state index contributed by atoms with van der Waals surface area (Å²) in [5.74, 6) is 0.562. The van der Waals surface area contributed by atoms with Crippen LogP contribution in [0.3, 0.4) is 0 Å². The number of carbonyl (C=O) groups excluding carboxylic acids is 1. The maximum absolute atomic E-state index is 12.0. The molecule has 20 heavy (non-hydrogen) atoms. The summed E-state index contributed by atoms with van der Waals surface area (Å²) in [5, 5.41) is 3.05. The third-order valence-electron chi connectivity index (χ3n) is 3.34. The van der Waals surface area contributed by atoms with E-state index in [1.54, 1.807) is 21.1 Å². The van der Waals surface area contributed by atoms with Crippen molar-refractivity contribution in [1.82, 2.24) is 5.32 Å². The Balaban J connectivity index is 2.80. The summed E-state index contributed by atoms with van der Waals surface area (Å²) in [6.07, 6.45) is 0. The number of methoxy groups -OCH3 is 1. The van der Waals surface area contributed by atoms with Gasteiger partial charge in [-0.3, -0.25) is 0 Å². The van der Waals surface area contributed by atoms with Gasteiger partial charge in [-0.15, -0.1) is 0 Å². The number of nitrogens with one attached hydrogen (secondary N) is 1. The molecule has 0 spiro atoms. The maximum atomic E-state index is 12.0. The Morgan fingerprint density at radius 2 is 1.95 bits per heavy atom. The van der Waals surface area contributed by atoms with E-state index < -0.39 is 5.54 Å². The van der Waals surface area contributed by atoms with E-state index in [0.717, 1.165) is 11.4 Å². The molecular weight excluding hydrogens is 256 g/mol. The third-order valence-corrected chi connectivity index (χ3v) is 3.34. The van der Waals surface area contributed by atoms with Crippen molar-refractivity contribution >= 4 is 11.7 Å². The molecule has 0 heterocycles. The van der Waals surface area contributed by atoms with Crippen LogP contribution in [-0.4, -0.2) is 45.9 Å². The van der Waals surface area contributed by atoms with Crippen LogP contribution in [0.2, 0.25) is 0 Å². The van der Waals surface area contributed by atoms with Gasteiger partial charge in [0.2, 0.25) is 0 Å². The van der Waals surface area contributed by atoms with Crippen molar-refractivity contribution in [1.29, 1.82) is 0 Å². The molecule has 112 valence electrons. The molecule has 0 bridgehead atoms. The highest BCUT2D eigenvalue weighted by Crippen LogP contribution is 2.20. The Kier molecular flexibility index (Phi) is 5.82. The average Bonchev–Trinajstić information content (AvgIpc) is 2.47. The summed E-state index contributed by atoms with van der Waals surface area (Å²) in [5.41, 5.74) is 0.265. The largest absolute Gasteiger partial charge is 0.497 e. The van der Waals surface area contributed by atoms with Gasteiger partial charge in [-0.1, -0.05) is 0 Å². The number of hydrogen-bond donors (Lipinski definition) is 1. The molecule has 0 radical (unpaired) electrons. The zero-order chi connectivity index (χ0) is 15.2. The minimum absolute atomic E-state index is 0.247. The predicted molar refractivity (Wildman–Crippen MR) is 80.4 cm³/mol. The first-order valence-electron chi connectivity index (χ1n) is 6.68. The fourth-order valence-electron chi connectivity index (χ4n) is 1.94. The van der Waals surface area contributed by atoms with Gasteiger partial charge >= 0.3 is 5.97 Å². The molecule has 1 unspecified atom stereocenters. The average molecular weight is 280 g/mol. The summed E-state index contributed by atoms with van der Waals surface area (Å²) in [7, 11) is 5.34. The first-order valence-corrected chi connectivity index (χ1v) is 6.68. The number of nitrogens with zero attached hydrogens (tertiary/aromatic N) is 1. The number of rotatable bonds is 7. The summed E-state index contributed by atoms with van der Waals surface area (Å²) >= 11 is 0.